The Balaban J connectivity index is 2.46. The average molecular weight is 256 g/mol. The van der Waals surface area contributed by atoms with Gasteiger partial charge in [-0.05, 0) is 12.3 Å². The molecule has 0 saturated heterocycles. The molecule has 1 atom stereocenters. The lowest BCUT2D eigenvalue weighted by Gasteiger charge is -2.09. The van der Waals surface area contributed by atoms with Crippen LogP contribution < -0.4 is 5.32 Å². The first-order valence-electron chi connectivity index (χ1n) is 5.89. The van der Waals surface area contributed by atoms with Crippen molar-refractivity contribution in [3.05, 3.63) is 16.1 Å². The van der Waals surface area contributed by atoms with Gasteiger partial charge in [0.05, 0.1) is 11.2 Å². The molecule has 0 aromatic carbocycles. The highest BCUT2D eigenvalue weighted by Gasteiger charge is 2.12. The van der Waals surface area contributed by atoms with Crippen LogP contribution in [0.1, 0.15) is 47.8 Å². The van der Waals surface area contributed by atoms with E-state index in [1.807, 2.05) is 6.92 Å². The zero-order chi connectivity index (χ0) is 12.8. The number of rotatable bonds is 6. The number of carbonyl (C=O) groups excluding carboxylic acids is 1. The van der Waals surface area contributed by atoms with Gasteiger partial charge in [0.2, 0.25) is 0 Å². The van der Waals surface area contributed by atoms with Crippen LogP contribution >= 0.6 is 11.3 Å². The first-order chi connectivity index (χ1) is 8.04. The van der Waals surface area contributed by atoms with Crippen molar-refractivity contribution < 1.29 is 9.90 Å². The molecule has 5 heteroatoms. The molecule has 0 radical (unpaired) electrons. The summed E-state index contributed by atoms with van der Waals surface area (Å²) in [5.74, 6) is 0.579. The van der Waals surface area contributed by atoms with Crippen LogP contribution in [0, 0.1) is 5.92 Å². The van der Waals surface area contributed by atoms with E-state index in [1.54, 1.807) is 6.20 Å². The van der Waals surface area contributed by atoms with Crippen LogP contribution in [0.2, 0.25) is 0 Å². The fourth-order valence-electron chi connectivity index (χ4n) is 1.34. The molecule has 0 aliphatic rings. The van der Waals surface area contributed by atoms with Gasteiger partial charge < -0.3 is 10.4 Å². The highest BCUT2D eigenvalue weighted by Crippen LogP contribution is 2.20. The average Bonchev–Trinajstić information content (AvgIpc) is 2.75. The summed E-state index contributed by atoms with van der Waals surface area (Å²) in [4.78, 5) is 16.7. The topological polar surface area (TPSA) is 62.2 Å². The monoisotopic (exact) mass is 256 g/mol. The fourth-order valence-corrected chi connectivity index (χ4v) is 2.17. The van der Waals surface area contributed by atoms with Gasteiger partial charge in [-0.3, -0.25) is 4.79 Å². The van der Waals surface area contributed by atoms with E-state index in [9.17, 15) is 4.79 Å². The van der Waals surface area contributed by atoms with Crippen molar-refractivity contribution in [2.75, 3.05) is 13.2 Å². The zero-order valence-corrected chi connectivity index (χ0v) is 11.4. The molecule has 1 heterocycles. The smallest absolute Gasteiger partial charge is 0.263 e. The fraction of sp³-hybridized carbons (Fsp3) is 0.667. The minimum Gasteiger partial charge on any atom is -0.396 e. The van der Waals surface area contributed by atoms with Crippen molar-refractivity contribution in [2.24, 2.45) is 5.92 Å². The van der Waals surface area contributed by atoms with Crippen molar-refractivity contribution in [1.82, 2.24) is 10.3 Å². The Morgan fingerprint density at radius 3 is 2.76 bits per heavy atom. The molecule has 0 aliphatic carbocycles. The van der Waals surface area contributed by atoms with Gasteiger partial charge in [-0.25, -0.2) is 4.98 Å². The summed E-state index contributed by atoms with van der Waals surface area (Å²) in [5, 5.41) is 12.6. The molecule has 1 aromatic heterocycles. The Bertz CT molecular complexity index is 363. The highest BCUT2D eigenvalue weighted by molar-refractivity contribution is 7.13. The molecule has 17 heavy (non-hydrogen) atoms. The third kappa shape index (κ3) is 4.44. The van der Waals surface area contributed by atoms with Gasteiger partial charge in [0.25, 0.3) is 5.91 Å². The summed E-state index contributed by atoms with van der Waals surface area (Å²) in [5.41, 5.74) is 0. The Morgan fingerprint density at radius 1 is 1.53 bits per heavy atom. The molecular formula is C12H20N2O2S. The summed E-state index contributed by atoms with van der Waals surface area (Å²) in [6.07, 6.45) is 2.34. The predicted molar refractivity (Wildman–Crippen MR) is 69.4 cm³/mol. The zero-order valence-electron chi connectivity index (χ0n) is 10.6. The van der Waals surface area contributed by atoms with Crippen LogP contribution in [0.25, 0.3) is 0 Å². The third-order valence-electron chi connectivity index (χ3n) is 2.47. The van der Waals surface area contributed by atoms with Crippen molar-refractivity contribution >= 4 is 17.2 Å². The molecule has 1 aromatic rings. The number of aromatic nitrogens is 1. The molecule has 0 fully saturated rings. The lowest BCUT2D eigenvalue weighted by atomic mass is 10.1. The van der Waals surface area contributed by atoms with Gasteiger partial charge in [0, 0.05) is 19.1 Å². The molecule has 0 saturated carbocycles. The second-order valence-electron chi connectivity index (χ2n) is 4.54. The van der Waals surface area contributed by atoms with E-state index in [1.165, 1.54) is 11.3 Å². The summed E-state index contributed by atoms with van der Waals surface area (Å²) < 4.78 is 0. The molecule has 96 valence electrons. The Labute approximate surface area is 106 Å². The third-order valence-corrected chi connectivity index (χ3v) is 3.77. The first kappa shape index (κ1) is 14.1. The number of thiazole rings is 1. The minimum atomic E-state index is -0.0702. The molecule has 2 N–H and O–H groups in total. The molecule has 0 aliphatic heterocycles. The maximum Gasteiger partial charge on any atom is 0.263 e. The molecule has 1 rings (SSSR count). The quantitative estimate of drug-likeness (QED) is 0.818. The van der Waals surface area contributed by atoms with E-state index in [0.717, 1.165) is 5.01 Å². The lowest BCUT2D eigenvalue weighted by molar-refractivity contribution is 0.0949. The lowest BCUT2D eigenvalue weighted by Crippen LogP contribution is -2.28. The van der Waals surface area contributed by atoms with Crippen LogP contribution in [-0.2, 0) is 0 Å². The van der Waals surface area contributed by atoms with Gasteiger partial charge in [-0.15, -0.1) is 11.3 Å². The van der Waals surface area contributed by atoms with E-state index >= 15 is 0 Å². The molecule has 0 spiro atoms. The largest absolute Gasteiger partial charge is 0.396 e. The summed E-state index contributed by atoms with van der Waals surface area (Å²) >= 11 is 1.44. The number of nitrogens with one attached hydrogen (secondary N) is 1. The van der Waals surface area contributed by atoms with Gasteiger partial charge in [0.1, 0.15) is 4.88 Å². The van der Waals surface area contributed by atoms with E-state index in [-0.39, 0.29) is 12.5 Å². The van der Waals surface area contributed by atoms with Crippen molar-refractivity contribution in [1.29, 1.82) is 0 Å². The van der Waals surface area contributed by atoms with Crippen molar-refractivity contribution in [3.63, 3.8) is 0 Å². The molecule has 4 nitrogen and oxygen atoms in total. The Hall–Kier alpha value is -0.940. The van der Waals surface area contributed by atoms with Gasteiger partial charge in [0.15, 0.2) is 0 Å². The van der Waals surface area contributed by atoms with Crippen LogP contribution in [0.3, 0.4) is 0 Å². The maximum atomic E-state index is 11.8. The summed E-state index contributed by atoms with van der Waals surface area (Å²) in [6, 6.07) is 0. The number of aliphatic hydroxyl groups excluding tert-OH is 1. The first-order valence-corrected chi connectivity index (χ1v) is 6.71. The normalized spacial score (nSPS) is 12.8. The standard InChI is InChI=1S/C12H20N2O2S/c1-8(2)12-14-7-10(17-12)11(16)13-6-9(3)4-5-15/h7-9,15H,4-6H2,1-3H3,(H,13,16). The van der Waals surface area contributed by atoms with E-state index in [4.69, 9.17) is 5.11 Å². The Kier molecular flexibility index (Phi) is 5.58. The second-order valence-corrected chi connectivity index (χ2v) is 5.61. The van der Waals surface area contributed by atoms with Crippen LogP contribution in [0.5, 0.6) is 0 Å². The predicted octanol–water partition coefficient (Wildman–Crippen LogP) is 2.01. The van der Waals surface area contributed by atoms with E-state index in [2.05, 4.69) is 24.1 Å². The SMILES string of the molecule is CC(CCO)CNC(=O)c1cnc(C(C)C)s1. The number of carbonyl (C=O) groups is 1. The van der Waals surface area contributed by atoms with Gasteiger partial charge >= 0.3 is 0 Å². The molecule has 0 bridgehead atoms. The van der Waals surface area contributed by atoms with Crippen LogP contribution in [0.15, 0.2) is 6.20 Å². The van der Waals surface area contributed by atoms with Crippen molar-refractivity contribution in [2.45, 2.75) is 33.1 Å². The van der Waals surface area contributed by atoms with Gasteiger partial charge in [-0.1, -0.05) is 20.8 Å². The van der Waals surface area contributed by atoms with Crippen LogP contribution in [0.4, 0.5) is 0 Å². The maximum absolute atomic E-state index is 11.8. The number of nitrogens with zero attached hydrogens (tertiary/aromatic N) is 1. The minimum absolute atomic E-state index is 0.0702. The Morgan fingerprint density at radius 2 is 2.24 bits per heavy atom. The van der Waals surface area contributed by atoms with Gasteiger partial charge in [-0.2, -0.15) is 0 Å². The summed E-state index contributed by atoms with van der Waals surface area (Å²) in [7, 11) is 0. The number of amides is 1. The highest BCUT2D eigenvalue weighted by atomic mass is 32.1. The number of hydrogen-bond acceptors (Lipinski definition) is 4. The number of hydrogen-bond donors (Lipinski definition) is 2. The summed E-state index contributed by atoms with van der Waals surface area (Å²) in [6.45, 7) is 6.87. The van der Waals surface area contributed by atoms with Crippen molar-refractivity contribution in [3.8, 4) is 0 Å². The van der Waals surface area contributed by atoms with Crippen LogP contribution in [-0.4, -0.2) is 29.1 Å². The molecule has 1 amide bonds. The van der Waals surface area contributed by atoms with E-state index in [0.29, 0.717) is 29.7 Å². The number of aliphatic hydroxyl groups is 1. The molecular weight excluding hydrogens is 236 g/mol. The van der Waals surface area contributed by atoms with E-state index < -0.39 is 0 Å². The second kappa shape index (κ2) is 6.71. The molecule has 1 unspecified atom stereocenters.